The molecule has 17 heavy (non-hydrogen) atoms. The summed E-state index contributed by atoms with van der Waals surface area (Å²) >= 11 is 0. The first kappa shape index (κ1) is 11.8. The average Bonchev–Trinajstić information content (AvgIpc) is 2.78. The van der Waals surface area contributed by atoms with Crippen molar-refractivity contribution in [3.05, 3.63) is 36.2 Å². The van der Waals surface area contributed by atoms with Crippen molar-refractivity contribution in [1.29, 1.82) is 0 Å². The fraction of sp³-hybridized carbons (Fsp3) is 0.385. The molecule has 4 heteroatoms. The van der Waals surface area contributed by atoms with Crippen molar-refractivity contribution < 1.29 is 9.26 Å². The molecule has 0 bridgehead atoms. The molecule has 0 aliphatic carbocycles. The number of hydrogen-bond acceptors (Lipinski definition) is 4. The second-order valence-corrected chi connectivity index (χ2v) is 4.05. The van der Waals surface area contributed by atoms with E-state index in [2.05, 4.69) is 10.1 Å². The van der Waals surface area contributed by atoms with Crippen LogP contribution in [0.4, 0.5) is 0 Å². The number of hydrogen-bond donors (Lipinski definition) is 0. The van der Waals surface area contributed by atoms with Crippen molar-refractivity contribution in [3.8, 4) is 11.4 Å². The third kappa shape index (κ3) is 3.39. The van der Waals surface area contributed by atoms with Crippen molar-refractivity contribution in [2.75, 3.05) is 6.61 Å². The number of ether oxygens (including phenoxy) is 1. The van der Waals surface area contributed by atoms with Gasteiger partial charge in [0.1, 0.15) is 0 Å². The smallest absolute Gasteiger partial charge is 0.229 e. The van der Waals surface area contributed by atoms with E-state index in [-0.39, 0.29) is 6.10 Å². The monoisotopic (exact) mass is 232 g/mol. The highest BCUT2D eigenvalue weighted by molar-refractivity contribution is 5.53. The van der Waals surface area contributed by atoms with Crippen molar-refractivity contribution in [2.45, 2.75) is 26.4 Å². The Balaban J connectivity index is 1.97. The number of nitrogens with zero attached hydrogens (tertiary/aromatic N) is 2. The van der Waals surface area contributed by atoms with Gasteiger partial charge >= 0.3 is 0 Å². The number of aromatic nitrogens is 2. The van der Waals surface area contributed by atoms with Gasteiger partial charge in [-0.2, -0.15) is 4.98 Å². The van der Waals surface area contributed by atoms with Gasteiger partial charge < -0.3 is 9.26 Å². The lowest BCUT2D eigenvalue weighted by Gasteiger charge is -2.04. The molecule has 0 spiro atoms. The Morgan fingerprint density at radius 3 is 2.71 bits per heavy atom. The number of rotatable bonds is 5. The average molecular weight is 232 g/mol. The van der Waals surface area contributed by atoms with E-state index < -0.39 is 0 Å². The first-order valence-corrected chi connectivity index (χ1v) is 5.75. The van der Waals surface area contributed by atoms with E-state index in [0.29, 0.717) is 24.7 Å². The fourth-order valence-electron chi connectivity index (χ4n) is 1.44. The predicted octanol–water partition coefficient (Wildman–Crippen LogP) is 2.70. The first-order chi connectivity index (χ1) is 8.25. The second-order valence-electron chi connectivity index (χ2n) is 4.05. The number of benzene rings is 1. The van der Waals surface area contributed by atoms with Gasteiger partial charge in [0.05, 0.1) is 19.1 Å². The second kappa shape index (κ2) is 5.59. The normalized spacial score (nSPS) is 11.0. The van der Waals surface area contributed by atoms with E-state index in [9.17, 15) is 0 Å². The Morgan fingerprint density at radius 1 is 1.24 bits per heavy atom. The zero-order valence-electron chi connectivity index (χ0n) is 10.1. The van der Waals surface area contributed by atoms with E-state index in [1.54, 1.807) is 0 Å². The Hall–Kier alpha value is -1.68. The van der Waals surface area contributed by atoms with Crippen molar-refractivity contribution in [2.24, 2.45) is 0 Å². The van der Waals surface area contributed by atoms with Crippen LogP contribution in [0.3, 0.4) is 0 Å². The van der Waals surface area contributed by atoms with Gasteiger partial charge in [-0.25, -0.2) is 0 Å². The molecule has 0 aliphatic heterocycles. The SMILES string of the molecule is CC(C)OCCc1nc(-c2ccccc2)no1. The summed E-state index contributed by atoms with van der Waals surface area (Å²) in [5, 5.41) is 3.94. The lowest BCUT2D eigenvalue weighted by atomic mass is 10.2. The molecule has 0 radical (unpaired) electrons. The van der Waals surface area contributed by atoms with Crippen LogP contribution < -0.4 is 0 Å². The molecule has 0 aliphatic rings. The summed E-state index contributed by atoms with van der Waals surface area (Å²) in [6, 6.07) is 9.78. The van der Waals surface area contributed by atoms with Gasteiger partial charge in [0.2, 0.25) is 11.7 Å². The van der Waals surface area contributed by atoms with Crippen LogP contribution in [0.2, 0.25) is 0 Å². The standard InChI is InChI=1S/C13H16N2O2/c1-10(2)16-9-8-12-14-13(15-17-12)11-6-4-3-5-7-11/h3-7,10H,8-9H2,1-2H3. The molecule has 0 atom stereocenters. The lowest BCUT2D eigenvalue weighted by molar-refractivity contribution is 0.0773. The van der Waals surface area contributed by atoms with E-state index in [1.165, 1.54) is 0 Å². The highest BCUT2D eigenvalue weighted by Crippen LogP contribution is 2.14. The summed E-state index contributed by atoms with van der Waals surface area (Å²) < 4.78 is 10.6. The minimum atomic E-state index is 0.228. The molecule has 1 aromatic carbocycles. The Labute approximate surface area is 101 Å². The van der Waals surface area contributed by atoms with E-state index in [1.807, 2.05) is 44.2 Å². The van der Waals surface area contributed by atoms with E-state index in [0.717, 1.165) is 5.56 Å². The maximum atomic E-state index is 5.43. The Kier molecular flexibility index (Phi) is 3.88. The molecule has 0 amide bonds. The van der Waals surface area contributed by atoms with Crippen LogP contribution >= 0.6 is 0 Å². The zero-order valence-corrected chi connectivity index (χ0v) is 10.1. The minimum Gasteiger partial charge on any atom is -0.378 e. The topological polar surface area (TPSA) is 48.2 Å². The van der Waals surface area contributed by atoms with Crippen LogP contribution in [0.1, 0.15) is 19.7 Å². The maximum Gasteiger partial charge on any atom is 0.229 e. The third-order valence-corrected chi connectivity index (χ3v) is 2.27. The van der Waals surface area contributed by atoms with Crippen LogP contribution in [-0.2, 0) is 11.2 Å². The third-order valence-electron chi connectivity index (χ3n) is 2.27. The molecule has 0 saturated carbocycles. The van der Waals surface area contributed by atoms with Crippen LogP contribution in [0.25, 0.3) is 11.4 Å². The zero-order chi connectivity index (χ0) is 12.1. The summed E-state index contributed by atoms with van der Waals surface area (Å²) in [5.41, 5.74) is 0.965. The Bertz CT molecular complexity index is 451. The Morgan fingerprint density at radius 2 is 2.00 bits per heavy atom. The van der Waals surface area contributed by atoms with Crippen LogP contribution in [-0.4, -0.2) is 22.9 Å². The predicted molar refractivity (Wildman–Crippen MR) is 64.5 cm³/mol. The minimum absolute atomic E-state index is 0.228. The van der Waals surface area contributed by atoms with Gasteiger partial charge in [0.15, 0.2) is 0 Å². The van der Waals surface area contributed by atoms with Crippen molar-refractivity contribution in [1.82, 2.24) is 10.1 Å². The molecule has 2 aromatic rings. The summed E-state index contributed by atoms with van der Waals surface area (Å²) in [4.78, 5) is 4.32. The molecule has 4 nitrogen and oxygen atoms in total. The molecular weight excluding hydrogens is 216 g/mol. The summed E-state index contributed by atoms with van der Waals surface area (Å²) in [5.74, 6) is 1.25. The lowest BCUT2D eigenvalue weighted by Crippen LogP contribution is -2.06. The summed E-state index contributed by atoms with van der Waals surface area (Å²) in [6.45, 7) is 4.61. The first-order valence-electron chi connectivity index (χ1n) is 5.75. The summed E-state index contributed by atoms with van der Waals surface area (Å²) in [7, 11) is 0. The van der Waals surface area contributed by atoms with Gasteiger partial charge in [-0.15, -0.1) is 0 Å². The molecule has 0 saturated heterocycles. The van der Waals surface area contributed by atoms with Crippen LogP contribution in [0.15, 0.2) is 34.9 Å². The van der Waals surface area contributed by atoms with E-state index >= 15 is 0 Å². The van der Waals surface area contributed by atoms with E-state index in [4.69, 9.17) is 9.26 Å². The van der Waals surface area contributed by atoms with Crippen LogP contribution in [0, 0.1) is 0 Å². The van der Waals surface area contributed by atoms with Gasteiger partial charge in [-0.3, -0.25) is 0 Å². The molecule has 90 valence electrons. The molecule has 0 N–H and O–H groups in total. The van der Waals surface area contributed by atoms with Gasteiger partial charge in [0.25, 0.3) is 0 Å². The highest BCUT2D eigenvalue weighted by atomic mass is 16.5. The van der Waals surface area contributed by atoms with Crippen LogP contribution in [0.5, 0.6) is 0 Å². The molecule has 2 rings (SSSR count). The van der Waals surface area contributed by atoms with Gasteiger partial charge in [-0.1, -0.05) is 35.5 Å². The van der Waals surface area contributed by atoms with Crippen molar-refractivity contribution in [3.63, 3.8) is 0 Å². The largest absolute Gasteiger partial charge is 0.378 e. The summed E-state index contributed by atoms with van der Waals surface area (Å²) in [6.07, 6.45) is 0.879. The molecule has 1 aromatic heterocycles. The molecule has 0 unspecified atom stereocenters. The highest BCUT2D eigenvalue weighted by Gasteiger charge is 2.07. The molecule has 0 fully saturated rings. The molecule has 1 heterocycles. The quantitative estimate of drug-likeness (QED) is 0.795. The van der Waals surface area contributed by atoms with Gasteiger partial charge in [-0.05, 0) is 13.8 Å². The molecular formula is C13H16N2O2. The van der Waals surface area contributed by atoms with Crippen molar-refractivity contribution >= 4 is 0 Å². The fourth-order valence-corrected chi connectivity index (χ4v) is 1.44. The van der Waals surface area contributed by atoms with Gasteiger partial charge in [0, 0.05) is 5.56 Å². The maximum absolute atomic E-state index is 5.43.